The minimum Gasteiger partial charge on any atom is -0.343 e. The van der Waals surface area contributed by atoms with Gasteiger partial charge in [0, 0.05) is 11.9 Å². The number of carbonyl (C=O) groups is 1. The number of amides is 1. The van der Waals surface area contributed by atoms with Gasteiger partial charge in [0.2, 0.25) is 0 Å². The van der Waals surface area contributed by atoms with Crippen molar-refractivity contribution in [3.8, 4) is 0 Å². The molecule has 5 aromatic rings. The maximum absolute atomic E-state index is 13.5. The van der Waals surface area contributed by atoms with Crippen LogP contribution in [0.2, 0.25) is 0 Å². The summed E-state index contributed by atoms with van der Waals surface area (Å²) in [6.07, 6.45) is 3.43. The van der Waals surface area contributed by atoms with Crippen molar-refractivity contribution < 1.29 is 9.18 Å². The Kier molecular flexibility index (Phi) is 4.48. The third-order valence-corrected chi connectivity index (χ3v) is 5.21. The molecule has 0 saturated heterocycles. The van der Waals surface area contributed by atoms with Crippen LogP contribution < -0.4 is 5.32 Å². The van der Waals surface area contributed by atoms with Gasteiger partial charge in [-0.15, -0.1) is 0 Å². The molecule has 1 atom stereocenters. The molecule has 2 N–H and O–H groups in total. The zero-order chi connectivity index (χ0) is 20.5. The number of nitrogens with zero attached hydrogens (tertiary/aromatic N) is 3. The number of aromatic amines is 1. The first-order valence-corrected chi connectivity index (χ1v) is 9.57. The van der Waals surface area contributed by atoms with Gasteiger partial charge in [-0.25, -0.2) is 9.37 Å². The largest absolute Gasteiger partial charge is 0.343 e. The fraction of sp³-hybridized carbons (Fsp3) is 0.0870. The van der Waals surface area contributed by atoms with Crippen LogP contribution in [0.25, 0.3) is 21.9 Å². The van der Waals surface area contributed by atoms with Crippen LogP contribution in [0.1, 0.15) is 22.0 Å². The van der Waals surface area contributed by atoms with Gasteiger partial charge in [0.25, 0.3) is 5.91 Å². The number of carbonyl (C=O) groups excluding carboxylic acids is 1. The van der Waals surface area contributed by atoms with E-state index in [9.17, 15) is 9.18 Å². The fourth-order valence-corrected chi connectivity index (χ4v) is 3.68. The molecule has 7 heteroatoms. The quantitative estimate of drug-likeness (QED) is 0.465. The zero-order valence-electron chi connectivity index (χ0n) is 15.9. The van der Waals surface area contributed by atoms with Gasteiger partial charge in [-0.1, -0.05) is 36.4 Å². The lowest BCUT2D eigenvalue weighted by atomic mass is 10.0. The molecule has 1 amide bonds. The lowest BCUT2D eigenvalue weighted by Crippen LogP contribution is -2.31. The summed E-state index contributed by atoms with van der Waals surface area (Å²) in [5.74, 6) is -0.553. The van der Waals surface area contributed by atoms with E-state index in [1.807, 2.05) is 41.0 Å². The fourth-order valence-electron chi connectivity index (χ4n) is 3.68. The average Bonchev–Trinajstić information content (AvgIpc) is 3.41. The molecule has 2 heterocycles. The van der Waals surface area contributed by atoms with E-state index in [4.69, 9.17) is 0 Å². The van der Waals surface area contributed by atoms with E-state index in [0.717, 1.165) is 22.0 Å². The number of halogens is 1. The van der Waals surface area contributed by atoms with Gasteiger partial charge in [-0.3, -0.25) is 9.89 Å². The number of para-hydroxylation sites is 3. The highest BCUT2D eigenvalue weighted by Crippen LogP contribution is 2.22. The summed E-state index contributed by atoms with van der Waals surface area (Å²) in [5.41, 5.74) is 3.84. The molecule has 2 aromatic heterocycles. The second-order valence-corrected chi connectivity index (χ2v) is 7.10. The van der Waals surface area contributed by atoms with Crippen LogP contribution in [0.3, 0.4) is 0 Å². The molecule has 5 rings (SSSR count). The molecular formula is C23H18FN5O. The van der Waals surface area contributed by atoms with Crippen LogP contribution >= 0.6 is 0 Å². The molecular weight excluding hydrogens is 381 g/mol. The van der Waals surface area contributed by atoms with Gasteiger partial charge in [-0.2, -0.15) is 5.10 Å². The lowest BCUT2D eigenvalue weighted by Gasteiger charge is -2.20. The van der Waals surface area contributed by atoms with Gasteiger partial charge in [-0.05, 0) is 35.9 Å². The maximum Gasteiger partial charge on any atom is 0.254 e. The molecule has 3 aromatic carbocycles. The number of hydrogen-bond acceptors (Lipinski definition) is 3. The van der Waals surface area contributed by atoms with Crippen LogP contribution in [0.15, 0.2) is 79.3 Å². The summed E-state index contributed by atoms with van der Waals surface area (Å²) in [5, 5.41) is 10.9. The van der Waals surface area contributed by atoms with Crippen LogP contribution in [-0.4, -0.2) is 25.7 Å². The minimum atomic E-state index is -0.381. The van der Waals surface area contributed by atoms with E-state index in [2.05, 4.69) is 20.5 Å². The number of benzene rings is 3. The topological polar surface area (TPSA) is 75.6 Å². The molecule has 0 aliphatic rings. The van der Waals surface area contributed by atoms with Gasteiger partial charge >= 0.3 is 0 Å². The summed E-state index contributed by atoms with van der Waals surface area (Å²) in [6.45, 7) is 0.455. The third-order valence-electron chi connectivity index (χ3n) is 5.21. The smallest absolute Gasteiger partial charge is 0.254 e. The Balaban J connectivity index is 1.50. The van der Waals surface area contributed by atoms with E-state index < -0.39 is 0 Å². The molecule has 0 bridgehead atoms. The molecule has 0 fully saturated rings. The van der Waals surface area contributed by atoms with Gasteiger partial charge in [0.1, 0.15) is 5.82 Å². The first-order chi connectivity index (χ1) is 14.7. The number of hydrogen-bond donors (Lipinski definition) is 2. The highest BCUT2D eigenvalue weighted by molar-refractivity contribution is 6.05. The Hall–Kier alpha value is -4.00. The number of rotatable bonds is 5. The van der Waals surface area contributed by atoms with Gasteiger partial charge in [0.05, 0.1) is 40.7 Å². The van der Waals surface area contributed by atoms with E-state index in [-0.39, 0.29) is 17.8 Å². The van der Waals surface area contributed by atoms with E-state index in [1.54, 1.807) is 30.7 Å². The third kappa shape index (κ3) is 3.30. The Morgan fingerprint density at radius 2 is 1.90 bits per heavy atom. The first-order valence-electron chi connectivity index (χ1n) is 9.57. The highest BCUT2D eigenvalue weighted by Gasteiger charge is 2.19. The van der Waals surface area contributed by atoms with E-state index in [0.29, 0.717) is 17.6 Å². The zero-order valence-corrected chi connectivity index (χ0v) is 15.9. The minimum absolute atomic E-state index is 0.233. The van der Waals surface area contributed by atoms with Crippen molar-refractivity contribution in [2.45, 2.75) is 12.6 Å². The number of H-pyrrole nitrogens is 1. The van der Waals surface area contributed by atoms with Crippen LogP contribution in [0, 0.1) is 5.82 Å². The molecule has 1 unspecified atom stereocenters. The van der Waals surface area contributed by atoms with E-state index in [1.165, 1.54) is 12.1 Å². The summed E-state index contributed by atoms with van der Waals surface area (Å²) < 4.78 is 15.5. The monoisotopic (exact) mass is 399 g/mol. The highest BCUT2D eigenvalue weighted by atomic mass is 19.1. The Labute approximate surface area is 171 Å². The van der Waals surface area contributed by atoms with Crippen molar-refractivity contribution >= 4 is 27.8 Å². The Morgan fingerprint density at radius 3 is 2.77 bits per heavy atom. The number of nitrogens with one attached hydrogen (secondary N) is 2. The van der Waals surface area contributed by atoms with Gasteiger partial charge < -0.3 is 9.88 Å². The standard InChI is InChI=1S/C23H18FN5O/c24-17-10-8-15(9-11-17)20(13-29-14-25-19-6-1-2-7-21(19)29)27-23(30)18-5-3-4-16-12-26-28-22(16)18/h1-12,14,20H,13H2,(H,26,28)(H,27,30). The summed E-state index contributed by atoms with van der Waals surface area (Å²) in [4.78, 5) is 17.6. The number of aromatic nitrogens is 4. The molecule has 0 saturated carbocycles. The first kappa shape index (κ1) is 18.1. The SMILES string of the molecule is O=C(NC(Cn1cnc2ccccc21)c1ccc(F)cc1)c1cccc2cn[nH]c12. The molecule has 0 aliphatic carbocycles. The van der Waals surface area contributed by atoms with E-state index >= 15 is 0 Å². The number of fused-ring (bicyclic) bond motifs is 2. The van der Waals surface area contributed by atoms with Gasteiger partial charge in [0.15, 0.2) is 0 Å². The maximum atomic E-state index is 13.5. The predicted octanol–water partition coefficient (Wildman–Crippen LogP) is 4.22. The van der Waals surface area contributed by atoms with Crippen molar-refractivity contribution in [1.29, 1.82) is 0 Å². The summed E-state index contributed by atoms with van der Waals surface area (Å²) in [7, 11) is 0. The van der Waals surface area contributed by atoms with Crippen LogP contribution in [0.5, 0.6) is 0 Å². The molecule has 6 nitrogen and oxygen atoms in total. The molecule has 0 radical (unpaired) electrons. The Bertz CT molecular complexity index is 1340. The van der Waals surface area contributed by atoms with Crippen molar-refractivity contribution in [3.05, 3.63) is 96.2 Å². The second kappa shape index (κ2) is 7.44. The number of imidazole rings is 1. The Morgan fingerprint density at radius 1 is 1.07 bits per heavy atom. The molecule has 30 heavy (non-hydrogen) atoms. The lowest BCUT2D eigenvalue weighted by molar-refractivity contribution is 0.0934. The van der Waals surface area contributed by atoms with Crippen molar-refractivity contribution in [2.75, 3.05) is 0 Å². The van der Waals surface area contributed by atoms with Crippen LogP contribution in [-0.2, 0) is 6.54 Å². The van der Waals surface area contributed by atoms with Crippen LogP contribution in [0.4, 0.5) is 4.39 Å². The predicted molar refractivity (Wildman–Crippen MR) is 112 cm³/mol. The summed E-state index contributed by atoms with van der Waals surface area (Å²) >= 11 is 0. The summed E-state index contributed by atoms with van der Waals surface area (Å²) in [6, 6.07) is 19.1. The molecule has 0 aliphatic heterocycles. The molecule has 148 valence electrons. The van der Waals surface area contributed by atoms with Crippen molar-refractivity contribution in [1.82, 2.24) is 25.1 Å². The van der Waals surface area contributed by atoms with Crippen molar-refractivity contribution in [2.24, 2.45) is 0 Å². The second-order valence-electron chi connectivity index (χ2n) is 7.10. The van der Waals surface area contributed by atoms with Crippen molar-refractivity contribution in [3.63, 3.8) is 0 Å². The molecule has 0 spiro atoms. The normalized spacial score (nSPS) is 12.3. The average molecular weight is 399 g/mol.